The summed E-state index contributed by atoms with van der Waals surface area (Å²) in [6.45, 7) is 2.56. The second-order valence-corrected chi connectivity index (χ2v) is 9.44. The molecule has 180 valence electrons. The molecule has 5 nitrogen and oxygen atoms in total. The number of hydrogen-bond acceptors (Lipinski definition) is 5. The minimum atomic E-state index is -0.217. The first kappa shape index (κ1) is 22.9. The molecule has 6 rings (SSSR count). The number of aromatic nitrogens is 2. The molecule has 0 aliphatic carbocycles. The summed E-state index contributed by atoms with van der Waals surface area (Å²) < 4.78 is 5.56. The maximum atomic E-state index is 13.5. The van der Waals surface area contributed by atoms with Crippen LogP contribution in [-0.2, 0) is 0 Å². The van der Waals surface area contributed by atoms with E-state index in [0.29, 0.717) is 17.3 Å². The summed E-state index contributed by atoms with van der Waals surface area (Å²) in [4.78, 5) is 23.0. The van der Waals surface area contributed by atoms with Gasteiger partial charge in [-0.1, -0.05) is 54.6 Å². The highest BCUT2D eigenvalue weighted by molar-refractivity contribution is 7.14. The van der Waals surface area contributed by atoms with E-state index in [2.05, 4.69) is 35.6 Å². The molecular weight excluding hydrogens is 478 g/mol. The molecule has 0 aliphatic heterocycles. The number of thiazole rings is 1. The third kappa shape index (κ3) is 4.67. The Morgan fingerprint density at radius 2 is 1.57 bits per heavy atom. The van der Waals surface area contributed by atoms with Crippen molar-refractivity contribution in [3.63, 3.8) is 0 Å². The lowest BCUT2D eigenvalue weighted by molar-refractivity contribution is 0.102. The highest BCUT2D eigenvalue weighted by Crippen LogP contribution is 2.30. The number of hydrogen-bond donors (Lipinski definition) is 1. The third-order valence-corrected chi connectivity index (χ3v) is 6.95. The number of pyridine rings is 1. The Hall–Kier alpha value is -4.55. The third-order valence-electron chi connectivity index (χ3n) is 6.19. The fourth-order valence-corrected chi connectivity index (χ4v) is 5.09. The molecule has 6 heteroatoms. The second-order valence-electron chi connectivity index (χ2n) is 8.58. The van der Waals surface area contributed by atoms with Gasteiger partial charge in [-0.3, -0.25) is 10.1 Å². The van der Waals surface area contributed by atoms with Gasteiger partial charge in [0.1, 0.15) is 5.75 Å². The van der Waals surface area contributed by atoms with E-state index in [1.54, 1.807) is 0 Å². The molecule has 2 aromatic heterocycles. The van der Waals surface area contributed by atoms with Gasteiger partial charge >= 0.3 is 0 Å². The van der Waals surface area contributed by atoms with Crippen molar-refractivity contribution in [2.45, 2.75) is 6.92 Å². The fourth-order valence-electron chi connectivity index (χ4n) is 4.38. The maximum Gasteiger partial charge on any atom is 0.258 e. The van der Waals surface area contributed by atoms with Crippen molar-refractivity contribution in [1.82, 2.24) is 9.97 Å². The molecule has 1 amide bonds. The van der Waals surface area contributed by atoms with Crippen molar-refractivity contribution < 1.29 is 9.53 Å². The molecule has 0 spiro atoms. The standard InChI is InChI=1S/C31H23N3O2S/c1-2-36-24-15-13-21(14-16-24)28-18-26(25-9-5-6-10-27(25)32-28)30(35)34-31-33-29(19-37-31)23-12-11-20-7-3-4-8-22(20)17-23/h3-19H,2H2,1H3,(H,33,34,35). The number of benzene rings is 4. The average molecular weight is 502 g/mol. The van der Waals surface area contributed by atoms with Crippen molar-refractivity contribution in [3.05, 3.63) is 108 Å². The van der Waals surface area contributed by atoms with Crippen molar-refractivity contribution in [2.75, 3.05) is 11.9 Å². The lowest BCUT2D eigenvalue weighted by Gasteiger charge is -2.10. The lowest BCUT2D eigenvalue weighted by atomic mass is 10.0. The zero-order valence-electron chi connectivity index (χ0n) is 20.1. The monoisotopic (exact) mass is 501 g/mol. The van der Waals surface area contributed by atoms with Crippen LogP contribution in [0.2, 0.25) is 0 Å². The number of amides is 1. The maximum absolute atomic E-state index is 13.5. The van der Waals surface area contributed by atoms with E-state index in [-0.39, 0.29) is 5.91 Å². The summed E-state index contributed by atoms with van der Waals surface area (Å²) in [5.41, 5.74) is 4.80. The van der Waals surface area contributed by atoms with Gasteiger partial charge in [-0.25, -0.2) is 9.97 Å². The first-order chi connectivity index (χ1) is 18.2. The van der Waals surface area contributed by atoms with Crippen LogP contribution < -0.4 is 10.1 Å². The molecular formula is C31H23N3O2S. The van der Waals surface area contributed by atoms with Crippen LogP contribution in [0.5, 0.6) is 5.75 Å². The van der Waals surface area contributed by atoms with Crippen LogP contribution in [-0.4, -0.2) is 22.5 Å². The number of carbonyl (C=O) groups is 1. The first-order valence-electron chi connectivity index (χ1n) is 12.1. The molecule has 0 saturated heterocycles. The quantitative estimate of drug-likeness (QED) is 0.253. The fraction of sp³-hybridized carbons (Fsp3) is 0.0645. The number of carbonyl (C=O) groups excluding carboxylic acids is 1. The number of fused-ring (bicyclic) bond motifs is 2. The van der Waals surface area contributed by atoms with Crippen LogP contribution in [0.4, 0.5) is 5.13 Å². The average Bonchev–Trinajstić information content (AvgIpc) is 3.41. The van der Waals surface area contributed by atoms with Crippen molar-refractivity contribution in [2.24, 2.45) is 0 Å². The van der Waals surface area contributed by atoms with Crippen molar-refractivity contribution >= 4 is 44.1 Å². The molecule has 6 aromatic rings. The largest absolute Gasteiger partial charge is 0.494 e. The Balaban J connectivity index is 1.31. The van der Waals surface area contributed by atoms with E-state index in [4.69, 9.17) is 14.7 Å². The molecule has 0 radical (unpaired) electrons. The highest BCUT2D eigenvalue weighted by Gasteiger charge is 2.16. The number of nitrogens with zero attached hydrogens (tertiary/aromatic N) is 2. The van der Waals surface area contributed by atoms with Crippen LogP contribution in [0.1, 0.15) is 17.3 Å². The number of para-hydroxylation sites is 1. The van der Waals surface area contributed by atoms with Gasteiger partial charge < -0.3 is 4.74 Å². The van der Waals surface area contributed by atoms with E-state index >= 15 is 0 Å². The van der Waals surface area contributed by atoms with Gasteiger partial charge in [0, 0.05) is 21.9 Å². The van der Waals surface area contributed by atoms with Crippen LogP contribution in [0.3, 0.4) is 0 Å². The Morgan fingerprint density at radius 1 is 0.811 bits per heavy atom. The molecule has 0 atom stereocenters. The molecule has 1 N–H and O–H groups in total. The summed E-state index contributed by atoms with van der Waals surface area (Å²) in [7, 11) is 0. The number of rotatable bonds is 6. The zero-order chi connectivity index (χ0) is 25.2. The minimum absolute atomic E-state index is 0.217. The van der Waals surface area contributed by atoms with Gasteiger partial charge in [-0.15, -0.1) is 11.3 Å². The Kier molecular flexibility index (Phi) is 6.08. The molecule has 4 aromatic carbocycles. The van der Waals surface area contributed by atoms with E-state index in [1.807, 2.05) is 79.0 Å². The van der Waals surface area contributed by atoms with Crippen LogP contribution in [0.25, 0.3) is 44.2 Å². The first-order valence-corrected chi connectivity index (χ1v) is 12.9. The zero-order valence-corrected chi connectivity index (χ0v) is 21.0. The minimum Gasteiger partial charge on any atom is -0.494 e. The van der Waals surface area contributed by atoms with E-state index in [1.165, 1.54) is 16.7 Å². The van der Waals surface area contributed by atoms with Crippen LogP contribution in [0, 0.1) is 0 Å². The number of nitrogens with one attached hydrogen (secondary N) is 1. The van der Waals surface area contributed by atoms with Gasteiger partial charge in [-0.05, 0) is 60.2 Å². The predicted octanol–water partition coefficient (Wildman–Crippen LogP) is 7.83. The Bertz CT molecular complexity index is 1740. The molecule has 37 heavy (non-hydrogen) atoms. The van der Waals surface area contributed by atoms with Crippen molar-refractivity contribution in [3.8, 4) is 28.3 Å². The van der Waals surface area contributed by atoms with Crippen LogP contribution >= 0.6 is 11.3 Å². The Labute approximate surface area is 218 Å². The predicted molar refractivity (Wildman–Crippen MR) is 151 cm³/mol. The molecule has 0 aliphatic rings. The summed E-state index contributed by atoms with van der Waals surface area (Å²) in [5.74, 6) is 0.584. The van der Waals surface area contributed by atoms with Gasteiger partial charge in [0.25, 0.3) is 5.91 Å². The summed E-state index contributed by atoms with van der Waals surface area (Å²) in [6.07, 6.45) is 0. The molecule has 0 saturated carbocycles. The molecule has 0 unspecified atom stereocenters. The Morgan fingerprint density at radius 3 is 2.41 bits per heavy atom. The van der Waals surface area contributed by atoms with Gasteiger partial charge in [-0.2, -0.15) is 0 Å². The second kappa shape index (κ2) is 9.84. The molecule has 2 heterocycles. The number of anilines is 1. The SMILES string of the molecule is CCOc1ccc(-c2cc(C(=O)Nc3nc(-c4ccc5ccccc5c4)cs3)c3ccccc3n2)cc1. The summed E-state index contributed by atoms with van der Waals surface area (Å²) in [5, 5.41) is 8.66. The van der Waals surface area contributed by atoms with Gasteiger partial charge in [0.15, 0.2) is 5.13 Å². The van der Waals surface area contributed by atoms with E-state index in [0.717, 1.165) is 44.6 Å². The van der Waals surface area contributed by atoms with E-state index < -0.39 is 0 Å². The van der Waals surface area contributed by atoms with Crippen molar-refractivity contribution in [1.29, 1.82) is 0 Å². The smallest absolute Gasteiger partial charge is 0.258 e. The summed E-state index contributed by atoms with van der Waals surface area (Å²) in [6, 6.07) is 31.8. The van der Waals surface area contributed by atoms with Gasteiger partial charge in [0.05, 0.1) is 29.1 Å². The van der Waals surface area contributed by atoms with E-state index in [9.17, 15) is 4.79 Å². The molecule has 0 bridgehead atoms. The van der Waals surface area contributed by atoms with Crippen LogP contribution in [0.15, 0.2) is 102 Å². The summed E-state index contributed by atoms with van der Waals surface area (Å²) >= 11 is 1.41. The highest BCUT2D eigenvalue weighted by atomic mass is 32.1. The number of ether oxygens (including phenoxy) is 1. The molecule has 0 fully saturated rings. The van der Waals surface area contributed by atoms with Gasteiger partial charge in [0.2, 0.25) is 0 Å². The normalized spacial score (nSPS) is 11.1. The lowest BCUT2D eigenvalue weighted by Crippen LogP contribution is -2.13. The topological polar surface area (TPSA) is 64.1 Å².